The molecule has 10 nitrogen and oxygen atoms in total. The lowest BCUT2D eigenvalue weighted by Crippen LogP contribution is -2.66. The van der Waals surface area contributed by atoms with E-state index in [1.165, 1.54) is 0 Å². The van der Waals surface area contributed by atoms with Gasteiger partial charge >= 0.3 is 0 Å². The Labute approximate surface area is 214 Å². The Kier molecular flexibility index (Phi) is 5.46. The van der Waals surface area contributed by atoms with Gasteiger partial charge in [-0.3, -0.25) is 5.10 Å². The molecule has 10 heteroatoms. The van der Waals surface area contributed by atoms with Gasteiger partial charge in [-0.25, -0.2) is 4.98 Å². The third-order valence-electron chi connectivity index (χ3n) is 7.26. The molecule has 1 atom stereocenters. The Morgan fingerprint density at radius 3 is 2.65 bits per heavy atom. The van der Waals surface area contributed by atoms with Gasteiger partial charge in [0.15, 0.2) is 11.5 Å². The molecule has 5 heterocycles. The smallest absolute Gasteiger partial charge is 0.162 e. The number of H-pyrrole nitrogens is 1. The minimum Gasteiger partial charge on any atom is -0.493 e. The lowest BCUT2D eigenvalue weighted by atomic mass is 9.78. The molecule has 0 radical (unpaired) electrons. The number of aromatic nitrogens is 5. The Hall–Kier alpha value is -4.23. The lowest BCUT2D eigenvalue weighted by molar-refractivity contribution is -0.127. The number of hydrogen-bond acceptors (Lipinski definition) is 9. The fourth-order valence-electron chi connectivity index (χ4n) is 5.38. The number of nitrogens with zero attached hydrogens (tertiary/aromatic N) is 6. The fraction of sp³-hybridized carbons (Fsp3) is 0.370. The van der Waals surface area contributed by atoms with Crippen molar-refractivity contribution in [2.75, 3.05) is 38.3 Å². The second kappa shape index (κ2) is 8.71. The van der Waals surface area contributed by atoms with Gasteiger partial charge in [0.1, 0.15) is 23.7 Å². The van der Waals surface area contributed by atoms with Crippen LogP contribution in [0.3, 0.4) is 0 Å². The summed E-state index contributed by atoms with van der Waals surface area (Å²) in [5, 5.41) is 26.5. The Morgan fingerprint density at radius 2 is 1.97 bits per heavy atom. The molecule has 2 aliphatic heterocycles. The standard InChI is InChI=1S/C27H27N7O3/c1-15-9-30-31-16(2)24(15)17(3)37-23-6-20-21(7-22(23)35-4)32-33-25(20)19-5-18(8-28)26(29-10-19)34-11-27(12-34)13-36-14-27/h5-7,9-10,17H,11-14H2,1-4H3,(H,32,33)/t17-/m1/s1. The number of methoxy groups -OCH3 is 1. The molecule has 4 aromatic rings. The molecule has 1 N–H and O–H groups in total. The molecular formula is C27H27N7O3. The van der Waals surface area contributed by atoms with Crippen molar-refractivity contribution >= 4 is 16.7 Å². The van der Waals surface area contributed by atoms with E-state index in [1.807, 2.05) is 39.0 Å². The number of nitrogens with one attached hydrogen (secondary N) is 1. The molecule has 188 valence electrons. The molecule has 0 aliphatic carbocycles. The number of benzene rings is 1. The normalized spacial score (nSPS) is 16.7. The minimum absolute atomic E-state index is 0.238. The molecule has 1 aromatic carbocycles. The van der Waals surface area contributed by atoms with Crippen molar-refractivity contribution in [3.05, 3.63) is 53.0 Å². The molecule has 1 spiro atoms. The second-order valence-corrected chi connectivity index (χ2v) is 9.96. The number of hydrogen-bond donors (Lipinski definition) is 1. The van der Waals surface area contributed by atoms with Crippen molar-refractivity contribution in [3.63, 3.8) is 0 Å². The summed E-state index contributed by atoms with van der Waals surface area (Å²) in [5.74, 6) is 1.88. The van der Waals surface area contributed by atoms with Crippen LogP contribution in [0.5, 0.6) is 11.5 Å². The zero-order valence-electron chi connectivity index (χ0n) is 21.2. The van der Waals surface area contributed by atoms with Crippen LogP contribution in [0.25, 0.3) is 22.2 Å². The van der Waals surface area contributed by atoms with E-state index >= 15 is 0 Å². The monoisotopic (exact) mass is 497 g/mol. The highest BCUT2D eigenvalue weighted by atomic mass is 16.5. The van der Waals surface area contributed by atoms with Gasteiger partial charge < -0.3 is 19.1 Å². The highest BCUT2D eigenvalue weighted by Crippen LogP contribution is 2.42. The van der Waals surface area contributed by atoms with Crippen molar-refractivity contribution in [3.8, 4) is 28.8 Å². The average Bonchev–Trinajstić information content (AvgIpc) is 3.24. The number of rotatable bonds is 6. The van der Waals surface area contributed by atoms with E-state index in [9.17, 15) is 5.26 Å². The van der Waals surface area contributed by atoms with Crippen LogP contribution in [0.4, 0.5) is 5.82 Å². The first-order chi connectivity index (χ1) is 17.9. The van der Waals surface area contributed by atoms with Gasteiger partial charge in [-0.15, -0.1) is 0 Å². The maximum atomic E-state index is 9.87. The van der Waals surface area contributed by atoms with Crippen molar-refractivity contribution in [2.45, 2.75) is 26.9 Å². The predicted molar refractivity (Wildman–Crippen MR) is 137 cm³/mol. The maximum absolute atomic E-state index is 9.87. The minimum atomic E-state index is -0.274. The van der Waals surface area contributed by atoms with Crippen molar-refractivity contribution < 1.29 is 14.2 Å². The number of pyridine rings is 1. The molecule has 0 bridgehead atoms. The van der Waals surface area contributed by atoms with E-state index in [4.69, 9.17) is 14.2 Å². The fourth-order valence-corrected chi connectivity index (χ4v) is 5.38. The number of aryl methyl sites for hydroxylation is 2. The summed E-state index contributed by atoms with van der Waals surface area (Å²) in [7, 11) is 1.61. The molecule has 0 amide bonds. The molecule has 6 rings (SSSR count). The van der Waals surface area contributed by atoms with Gasteiger partial charge in [-0.2, -0.15) is 20.6 Å². The topological polar surface area (TPSA) is 122 Å². The predicted octanol–water partition coefficient (Wildman–Crippen LogP) is 3.89. The quantitative estimate of drug-likeness (QED) is 0.423. The first-order valence-electron chi connectivity index (χ1n) is 12.2. The summed E-state index contributed by atoms with van der Waals surface area (Å²) in [6.07, 6.45) is 3.24. The van der Waals surface area contributed by atoms with Gasteiger partial charge in [0, 0.05) is 41.9 Å². The third-order valence-corrected chi connectivity index (χ3v) is 7.26. The van der Waals surface area contributed by atoms with Gasteiger partial charge in [0.25, 0.3) is 0 Å². The number of anilines is 1. The van der Waals surface area contributed by atoms with Crippen LogP contribution in [-0.2, 0) is 4.74 Å². The van der Waals surface area contributed by atoms with E-state index in [1.54, 1.807) is 19.5 Å². The molecular weight excluding hydrogens is 470 g/mol. The van der Waals surface area contributed by atoms with Crippen LogP contribution >= 0.6 is 0 Å². The largest absolute Gasteiger partial charge is 0.493 e. The summed E-state index contributed by atoms with van der Waals surface area (Å²) in [5.41, 5.74) is 5.83. The first-order valence-corrected chi connectivity index (χ1v) is 12.2. The first kappa shape index (κ1) is 23.2. The van der Waals surface area contributed by atoms with Gasteiger partial charge in [0.05, 0.1) is 48.7 Å². The summed E-state index contributed by atoms with van der Waals surface area (Å²) < 4.78 is 17.4. The van der Waals surface area contributed by atoms with Crippen molar-refractivity contribution in [1.29, 1.82) is 5.26 Å². The Bertz CT molecular complexity index is 1530. The Balaban J connectivity index is 1.34. The molecule has 2 saturated heterocycles. The van der Waals surface area contributed by atoms with E-state index in [0.717, 1.165) is 59.6 Å². The van der Waals surface area contributed by atoms with Crippen molar-refractivity contribution in [2.24, 2.45) is 5.41 Å². The second-order valence-electron chi connectivity index (χ2n) is 9.96. The number of aromatic amines is 1. The SMILES string of the molecule is COc1cc2[nH]nc(-c3cnc(N4CC5(COC5)C4)c(C#N)c3)c2cc1O[C@H](C)c1c(C)cnnc1C. The third kappa shape index (κ3) is 3.83. The van der Waals surface area contributed by atoms with Gasteiger partial charge in [0.2, 0.25) is 0 Å². The molecule has 3 aromatic heterocycles. The van der Waals surface area contributed by atoms with E-state index in [0.29, 0.717) is 28.6 Å². The Morgan fingerprint density at radius 1 is 1.16 bits per heavy atom. The molecule has 37 heavy (non-hydrogen) atoms. The van der Waals surface area contributed by atoms with Gasteiger partial charge in [-0.05, 0) is 38.5 Å². The zero-order chi connectivity index (χ0) is 25.7. The molecule has 0 unspecified atom stereocenters. The van der Waals surface area contributed by atoms with Crippen LogP contribution in [0.2, 0.25) is 0 Å². The van der Waals surface area contributed by atoms with Gasteiger partial charge in [-0.1, -0.05) is 0 Å². The number of fused-ring (bicyclic) bond motifs is 1. The highest BCUT2D eigenvalue weighted by Gasteiger charge is 2.49. The summed E-state index contributed by atoms with van der Waals surface area (Å²) >= 11 is 0. The van der Waals surface area contributed by atoms with Crippen LogP contribution in [0, 0.1) is 30.6 Å². The summed E-state index contributed by atoms with van der Waals surface area (Å²) in [6, 6.07) is 7.95. The van der Waals surface area contributed by atoms with E-state index < -0.39 is 0 Å². The van der Waals surface area contributed by atoms with Crippen LogP contribution in [0.1, 0.15) is 35.4 Å². The highest BCUT2D eigenvalue weighted by molar-refractivity contribution is 5.95. The lowest BCUT2D eigenvalue weighted by Gasteiger charge is -2.55. The summed E-state index contributed by atoms with van der Waals surface area (Å²) in [6.45, 7) is 9.20. The molecule has 2 aliphatic rings. The maximum Gasteiger partial charge on any atom is 0.162 e. The van der Waals surface area contributed by atoms with Crippen molar-refractivity contribution in [1.82, 2.24) is 25.4 Å². The molecule has 2 fully saturated rings. The van der Waals surface area contributed by atoms with E-state index in [2.05, 4.69) is 36.3 Å². The van der Waals surface area contributed by atoms with E-state index in [-0.39, 0.29) is 11.5 Å². The average molecular weight is 498 g/mol. The van der Waals surface area contributed by atoms with Crippen LogP contribution < -0.4 is 14.4 Å². The molecule has 0 saturated carbocycles. The van der Waals surface area contributed by atoms with Crippen LogP contribution in [0.15, 0.2) is 30.6 Å². The number of nitriles is 1. The van der Waals surface area contributed by atoms with Crippen LogP contribution in [-0.4, -0.2) is 58.8 Å². The summed E-state index contributed by atoms with van der Waals surface area (Å²) in [4.78, 5) is 6.80. The number of ether oxygens (including phenoxy) is 3. The zero-order valence-corrected chi connectivity index (χ0v) is 21.2.